The van der Waals surface area contributed by atoms with E-state index in [0.717, 1.165) is 36.3 Å². The van der Waals surface area contributed by atoms with Crippen molar-refractivity contribution in [2.75, 3.05) is 23.7 Å². The van der Waals surface area contributed by atoms with Gasteiger partial charge in [0.05, 0.1) is 23.8 Å². The van der Waals surface area contributed by atoms with E-state index in [1.54, 1.807) is 0 Å². The van der Waals surface area contributed by atoms with Gasteiger partial charge in [-0.15, -0.1) is 0 Å². The van der Waals surface area contributed by atoms with Crippen LogP contribution in [0.15, 0.2) is 18.5 Å². The first-order chi connectivity index (χ1) is 8.79. The van der Waals surface area contributed by atoms with Crippen molar-refractivity contribution in [2.45, 2.75) is 39.5 Å². The zero-order valence-electron chi connectivity index (χ0n) is 11.6. The molecule has 0 spiro atoms. The van der Waals surface area contributed by atoms with Crippen molar-refractivity contribution in [3.8, 4) is 0 Å². The summed E-state index contributed by atoms with van der Waals surface area (Å²) in [6, 6.07) is 2.14. The molecule has 18 heavy (non-hydrogen) atoms. The molecule has 0 aromatic carbocycles. The molecule has 2 rings (SSSR count). The maximum absolute atomic E-state index is 4.26. The molecular weight excluding hydrogens is 222 g/mol. The fourth-order valence-corrected chi connectivity index (χ4v) is 2.78. The van der Waals surface area contributed by atoms with Gasteiger partial charge in [-0.2, -0.15) is 0 Å². The molecule has 0 aliphatic heterocycles. The van der Waals surface area contributed by atoms with Gasteiger partial charge in [0.2, 0.25) is 0 Å². The molecule has 1 aliphatic carbocycles. The van der Waals surface area contributed by atoms with Crippen LogP contribution in [0.3, 0.4) is 0 Å². The third-order valence-corrected chi connectivity index (χ3v) is 3.98. The van der Waals surface area contributed by atoms with Gasteiger partial charge in [-0.1, -0.05) is 26.2 Å². The summed E-state index contributed by atoms with van der Waals surface area (Å²) < 4.78 is 0. The Morgan fingerprint density at radius 3 is 2.61 bits per heavy atom. The van der Waals surface area contributed by atoms with Crippen molar-refractivity contribution < 1.29 is 0 Å². The van der Waals surface area contributed by atoms with Gasteiger partial charge in [-0.05, 0) is 31.2 Å². The van der Waals surface area contributed by atoms with Crippen LogP contribution in [0.5, 0.6) is 0 Å². The summed E-state index contributed by atoms with van der Waals surface area (Å²) in [5.41, 5.74) is 2.23. The standard InChI is InChI=1S/C15H25N3/c1-3-17-14-8-15(11-16-10-14)18-9-13-7-5-4-6-12(13)2/h8,10-13,17-18H,3-7,9H2,1-2H3. The van der Waals surface area contributed by atoms with E-state index in [-0.39, 0.29) is 0 Å². The third kappa shape index (κ3) is 3.62. The predicted molar refractivity (Wildman–Crippen MR) is 78.0 cm³/mol. The van der Waals surface area contributed by atoms with E-state index in [9.17, 15) is 0 Å². The molecule has 0 saturated heterocycles. The summed E-state index contributed by atoms with van der Waals surface area (Å²) in [7, 11) is 0. The lowest BCUT2D eigenvalue weighted by Gasteiger charge is -2.29. The molecule has 1 aromatic heterocycles. The average Bonchev–Trinajstić information content (AvgIpc) is 2.39. The monoisotopic (exact) mass is 247 g/mol. The summed E-state index contributed by atoms with van der Waals surface area (Å²) >= 11 is 0. The van der Waals surface area contributed by atoms with Crippen LogP contribution >= 0.6 is 0 Å². The van der Waals surface area contributed by atoms with Crippen LogP contribution in [0.25, 0.3) is 0 Å². The van der Waals surface area contributed by atoms with E-state index in [1.807, 2.05) is 12.4 Å². The average molecular weight is 247 g/mol. The fraction of sp³-hybridized carbons (Fsp3) is 0.667. The first-order valence-electron chi connectivity index (χ1n) is 7.22. The van der Waals surface area contributed by atoms with E-state index >= 15 is 0 Å². The van der Waals surface area contributed by atoms with Crippen molar-refractivity contribution in [3.63, 3.8) is 0 Å². The van der Waals surface area contributed by atoms with Crippen LogP contribution in [0.4, 0.5) is 11.4 Å². The Kier molecular flexibility index (Phi) is 4.85. The molecule has 1 saturated carbocycles. The lowest BCUT2D eigenvalue weighted by atomic mass is 9.80. The predicted octanol–water partition coefficient (Wildman–Crippen LogP) is 3.75. The highest BCUT2D eigenvalue weighted by molar-refractivity contribution is 5.53. The number of pyridine rings is 1. The largest absolute Gasteiger partial charge is 0.384 e. The van der Waals surface area contributed by atoms with Crippen molar-refractivity contribution in [1.82, 2.24) is 4.98 Å². The van der Waals surface area contributed by atoms with E-state index in [0.29, 0.717) is 0 Å². The minimum absolute atomic E-state index is 0.821. The fourth-order valence-electron chi connectivity index (χ4n) is 2.78. The first kappa shape index (κ1) is 13.2. The number of aromatic nitrogens is 1. The summed E-state index contributed by atoms with van der Waals surface area (Å²) in [5, 5.41) is 6.83. The van der Waals surface area contributed by atoms with Gasteiger partial charge in [0.25, 0.3) is 0 Å². The van der Waals surface area contributed by atoms with E-state index in [1.165, 1.54) is 25.7 Å². The number of rotatable bonds is 5. The van der Waals surface area contributed by atoms with Gasteiger partial charge in [-0.25, -0.2) is 0 Å². The van der Waals surface area contributed by atoms with Crippen LogP contribution in [0.2, 0.25) is 0 Å². The van der Waals surface area contributed by atoms with Crippen LogP contribution in [0.1, 0.15) is 39.5 Å². The topological polar surface area (TPSA) is 37.0 Å². The Morgan fingerprint density at radius 1 is 1.17 bits per heavy atom. The Balaban J connectivity index is 1.87. The second kappa shape index (κ2) is 6.62. The molecule has 1 fully saturated rings. The number of anilines is 2. The first-order valence-corrected chi connectivity index (χ1v) is 7.22. The molecule has 1 aromatic rings. The molecule has 0 bridgehead atoms. The molecular formula is C15H25N3. The molecule has 2 unspecified atom stereocenters. The van der Waals surface area contributed by atoms with Crippen molar-refractivity contribution >= 4 is 11.4 Å². The third-order valence-electron chi connectivity index (χ3n) is 3.98. The van der Waals surface area contributed by atoms with Gasteiger partial charge >= 0.3 is 0 Å². The highest BCUT2D eigenvalue weighted by Gasteiger charge is 2.20. The highest BCUT2D eigenvalue weighted by atomic mass is 14.9. The normalized spacial score (nSPS) is 23.7. The molecule has 3 nitrogen and oxygen atoms in total. The maximum Gasteiger partial charge on any atom is 0.0547 e. The van der Waals surface area contributed by atoms with Crippen molar-refractivity contribution in [1.29, 1.82) is 0 Å². The molecule has 1 heterocycles. The van der Waals surface area contributed by atoms with Gasteiger partial charge in [0, 0.05) is 13.1 Å². The Labute approximate surface area is 110 Å². The summed E-state index contributed by atoms with van der Waals surface area (Å²) in [5.74, 6) is 1.68. The molecule has 1 aliphatic rings. The number of hydrogen-bond acceptors (Lipinski definition) is 3. The van der Waals surface area contributed by atoms with Gasteiger partial charge in [-0.3, -0.25) is 4.98 Å². The van der Waals surface area contributed by atoms with E-state index in [2.05, 4.69) is 35.5 Å². The lowest BCUT2D eigenvalue weighted by Crippen LogP contribution is -2.24. The minimum Gasteiger partial charge on any atom is -0.384 e. The smallest absolute Gasteiger partial charge is 0.0547 e. The molecule has 3 heteroatoms. The summed E-state index contributed by atoms with van der Waals surface area (Å²) in [6.07, 6.45) is 9.35. The SMILES string of the molecule is CCNc1cncc(NCC2CCCCC2C)c1. The van der Waals surface area contributed by atoms with Crippen LogP contribution < -0.4 is 10.6 Å². The molecule has 0 radical (unpaired) electrons. The van der Waals surface area contributed by atoms with Gasteiger partial charge in [0.1, 0.15) is 0 Å². The highest BCUT2D eigenvalue weighted by Crippen LogP contribution is 2.29. The minimum atomic E-state index is 0.821. The zero-order chi connectivity index (χ0) is 12.8. The molecule has 0 amide bonds. The summed E-state index contributed by atoms with van der Waals surface area (Å²) in [4.78, 5) is 4.26. The van der Waals surface area contributed by atoms with Crippen LogP contribution in [0, 0.1) is 11.8 Å². The Bertz CT molecular complexity index is 365. The Morgan fingerprint density at radius 2 is 1.89 bits per heavy atom. The van der Waals surface area contributed by atoms with Crippen LogP contribution in [-0.2, 0) is 0 Å². The molecule has 100 valence electrons. The molecule has 2 atom stereocenters. The molecule has 2 N–H and O–H groups in total. The van der Waals surface area contributed by atoms with Gasteiger partial charge in [0.15, 0.2) is 0 Å². The zero-order valence-corrected chi connectivity index (χ0v) is 11.6. The maximum atomic E-state index is 4.26. The number of nitrogens with one attached hydrogen (secondary N) is 2. The van der Waals surface area contributed by atoms with E-state index in [4.69, 9.17) is 0 Å². The van der Waals surface area contributed by atoms with E-state index < -0.39 is 0 Å². The van der Waals surface area contributed by atoms with Crippen molar-refractivity contribution in [2.24, 2.45) is 11.8 Å². The second-order valence-electron chi connectivity index (χ2n) is 5.40. The second-order valence-corrected chi connectivity index (χ2v) is 5.40. The number of nitrogens with zero attached hydrogens (tertiary/aromatic N) is 1. The quantitative estimate of drug-likeness (QED) is 0.832. The lowest BCUT2D eigenvalue weighted by molar-refractivity contribution is 0.268. The number of hydrogen-bond donors (Lipinski definition) is 2. The van der Waals surface area contributed by atoms with Crippen molar-refractivity contribution in [3.05, 3.63) is 18.5 Å². The van der Waals surface area contributed by atoms with Crippen LogP contribution in [-0.4, -0.2) is 18.1 Å². The summed E-state index contributed by atoms with van der Waals surface area (Å²) in [6.45, 7) is 6.51. The Hall–Kier alpha value is -1.25. The van der Waals surface area contributed by atoms with Gasteiger partial charge < -0.3 is 10.6 Å².